The van der Waals surface area contributed by atoms with Gasteiger partial charge in [0.05, 0.1) is 48.7 Å². The van der Waals surface area contributed by atoms with Crippen molar-refractivity contribution >= 4 is 29.7 Å². The Balaban J connectivity index is 1.22. The minimum Gasteiger partial charge on any atom is -0.384 e. The SMILES string of the molecule is COCC1(C(=O)N2CCO[C@@H](C3=C4C=NC=C[N+]4(N)C(c4ccc(C(=O)Nc5cc(C(F)(F)F)ccn5)cc4)=N3)C2)CCC1. The minimum absolute atomic E-state index is 0.0617. The second-order valence-corrected chi connectivity index (χ2v) is 11.2. The number of amides is 2. The second kappa shape index (κ2) is 11.4. The minimum atomic E-state index is -4.56. The maximum Gasteiger partial charge on any atom is 0.416 e. The first kappa shape index (κ1) is 29.8. The van der Waals surface area contributed by atoms with Crippen molar-refractivity contribution < 1.29 is 36.8 Å². The number of ether oxygens (including phenoxy) is 2. The number of carbonyl (C=O) groups excluding carboxylic acids is 2. The second-order valence-electron chi connectivity index (χ2n) is 11.2. The summed E-state index contributed by atoms with van der Waals surface area (Å²) in [7, 11) is 1.61. The van der Waals surface area contributed by atoms with Crippen LogP contribution in [0.25, 0.3) is 0 Å². The Morgan fingerprint density at radius 2 is 2.00 bits per heavy atom. The van der Waals surface area contributed by atoms with Crippen LogP contribution in [-0.2, 0) is 20.4 Å². The smallest absolute Gasteiger partial charge is 0.384 e. The van der Waals surface area contributed by atoms with Crippen LogP contribution in [0.1, 0.15) is 40.7 Å². The zero-order chi connectivity index (χ0) is 31.1. The fourth-order valence-corrected chi connectivity index (χ4v) is 5.91. The fourth-order valence-electron chi connectivity index (χ4n) is 5.91. The van der Waals surface area contributed by atoms with Crippen LogP contribution < -0.4 is 11.2 Å². The maximum atomic E-state index is 13.5. The van der Waals surface area contributed by atoms with Crippen molar-refractivity contribution in [3.63, 3.8) is 0 Å². The van der Waals surface area contributed by atoms with Gasteiger partial charge < -0.3 is 19.7 Å². The van der Waals surface area contributed by atoms with Gasteiger partial charge in [-0.3, -0.25) is 14.6 Å². The summed E-state index contributed by atoms with van der Waals surface area (Å²) in [6, 6.07) is 7.96. The number of allylic oxidation sites excluding steroid dienone is 1. The fraction of sp³-hybridized carbons (Fsp3) is 0.367. The van der Waals surface area contributed by atoms with E-state index < -0.39 is 29.2 Å². The first-order chi connectivity index (χ1) is 21.0. The van der Waals surface area contributed by atoms with Gasteiger partial charge >= 0.3 is 6.18 Å². The first-order valence-corrected chi connectivity index (χ1v) is 14.1. The Hall–Kier alpha value is -4.24. The number of methoxy groups -OCH3 is 1. The van der Waals surface area contributed by atoms with Gasteiger partial charge in [0, 0.05) is 25.4 Å². The number of quaternary nitrogens is 1. The molecule has 1 aromatic heterocycles. The van der Waals surface area contributed by atoms with Gasteiger partial charge in [-0.2, -0.15) is 24.0 Å². The van der Waals surface area contributed by atoms with E-state index in [1.54, 1.807) is 37.9 Å². The number of fused-ring (bicyclic) bond motifs is 1. The molecule has 0 bridgehead atoms. The summed E-state index contributed by atoms with van der Waals surface area (Å²) in [5, 5.41) is 2.40. The number of aromatic nitrogens is 1. The van der Waals surface area contributed by atoms with Crippen LogP contribution in [-0.4, -0.2) is 77.9 Å². The summed E-state index contributed by atoms with van der Waals surface area (Å²) in [4.78, 5) is 41.1. The van der Waals surface area contributed by atoms with Crippen LogP contribution in [0.4, 0.5) is 19.0 Å². The molecule has 4 heterocycles. The number of hydrogen-bond donors (Lipinski definition) is 2. The van der Waals surface area contributed by atoms with Crippen molar-refractivity contribution in [2.45, 2.75) is 31.5 Å². The lowest BCUT2D eigenvalue weighted by Crippen LogP contribution is -2.56. The molecule has 3 N–H and O–H groups in total. The van der Waals surface area contributed by atoms with E-state index in [4.69, 9.17) is 20.3 Å². The van der Waals surface area contributed by atoms with Gasteiger partial charge in [-0.1, -0.05) is 6.42 Å². The number of rotatable bonds is 7. The molecule has 3 aliphatic heterocycles. The van der Waals surface area contributed by atoms with Gasteiger partial charge in [0.1, 0.15) is 23.8 Å². The van der Waals surface area contributed by atoms with Crippen LogP contribution >= 0.6 is 0 Å². The summed E-state index contributed by atoms with van der Waals surface area (Å²) in [5.41, 5.74) is 0.538. The van der Waals surface area contributed by atoms with E-state index in [1.807, 2.05) is 4.90 Å². The van der Waals surface area contributed by atoms with E-state index in [9.17, 15) is 22.8 Å². The van der Waals surface area contributed by atoms with Gasteiger partial charge in [-0.15, -0.1) is 4.59 Å². The van der Waals surface area contributed by atoms with Crippen molar-refractivity contribution in [2.24, 2.45) is 21.2 Å². The van der Waals surface area contributed by atoms with Crippen molar-refractivity contribution in [2.75, 3.05) is 38.7 Å². The van der Waals surface area contributed by atoms with Crippen LogP contribution in [0.5, 0.6) is 0 Å². The van der Waals surface area contributed by atoms with Gasteiger partial charge in [0.2, 0.25) is 11.6 Å². The highest BCUT2D eigenvalue weighted by atomic mass is 19.4. The summed E-state index contributed by atoms with van der Waals surface area (Å²) in [6.45, 7) is 1.49. The number of halogens is 3. The van der Waals surface area contributed by atoms with E-state index >= 15 is 0 Å². The molecule has 2 aromatic rings. The standard InChI is InChI=1S/C30H30F3N7O4/c1-43-18-29(8-2-9-29)28(42)39-12-14-44-23(17-39)25-22-16-35-11-13-40(22,34)26(38-25)19-3-5-20(6-4-19)27(41)37-24-15-21(7-10-36-24)30(31,32)33/h3-7,10-11,13,15-16,23H,2,8-9,12,14,17-18,34H2,1H3/p+1/t23-,40?/m1/s1. The number of nitrogens with zero attached hydrogens (tertiary/aromatic N) is 5. The molecular weight excluding hydrogens is 579 g/mol. The van der Waals surface area contributed by atoms with Crippen LogP contribution in [0.15, 0.2) is 76.4 Å². The molecular formula is C30H31F3N7O4+. The highest BCUT2D eigenvalue weighted by Gasteiger charge is 2.50. The third-order valence-corrected chi connectivity index (χ3v) is 8.40. The molecule has 2 fully saturated rings. The normalized spacial score (nSPS) is 24.1. The first-order valence-electron chi connectivity index (χ1n) is 14.1. The molecule has 6 rings (SSSR count). The van der Waals surface area contributed by atoms with Gasteiger partial charge in [-0.05, 0) is 49.2 Å². The van der Waals surface area contributed by atoms with Crippen LogP contribution in [0.3, 0.4) is 0 Å². The Bertz CT molecular complexity index is 1600. The number of anilines is 1. The topological polar surface area (TPSA) is 132 Å². The lowest BCUT2D eigenvalue weighted by molar-refractivity contribution is -0.750. The van der Waals surface area contributed by atoms with Crippen molar-refractivity contribution in [3.8, 4) is 0 Å². The third-order valence-electron chi connectivity index (χ3n) is 8.40. The lowest BCUT2D eigenvalue weighted by atomic mass is 9.68. The maximum absolute atomic E-state index is 13.5. The number of amidine groups is 1. The number of alkyl halides is 3. The molecule has 0 radical (unpaired) electrons. The van der Waals surface area contributed by atoms with Crippen molar-refractivity contribution in [1.82, 2.24) is 9.88 Å². The molecule has 1 saturated heterocycles. The van der Waals surface area contributed by atoms with Gasteiger partial charge in [-0.25, -0.2) is 4.98 Å². The van der Waals surface area contributed by atoms with E-state index in [2.05, 4.69) is 15.3 Å². The molecule has 1 unspecified atom stereocenters. The molecule has 0 spiro atoms. The average molecular weight is 611 g/mol. The number of benzene rings is 1. The molecule has 4 aliphatic rings. The Morgan fingerprint density at radius 3 is 2.68 bits per heavy atom. The Labute approximate surface area is 251 Å². The highest BCUT2D eigenvalue weighted by molar-refractivity contribution is 6.05. The molecule has 1 aromatic carbocycles. The number of carbonyl (C=O) groups is 2. The summed E-state index contributed by atoms with van der Waals surface area (Å²) < 4.78 is 50.4. The van der Waals surface area contributed by atoms with Crippen molar-refractivity contribution in [1.29, 1.82) is 0 Å². The molecule has 1 saturated carbocycles. The predicted molar refractivity (Wildman–Crippen MR) is 154 cm³/mol. The van der Waals surface area contributed by atoms with Gasteiger partial charge in [0.15, 0.2) is 0 Å². The van der Waals surface area contributed by atoms with Gasteiger partial charge in [0.25, 0.3) is 11.7 Å². The van der Waals surface area contributed by atoms with E-state index in [0.29, 0.717) is 49.1 Å². The van der Waals surface area contributed by atoms with Crippen molar-refractivity contribution in [3.05, 3.63) is 83.1 Å². The molecule has 2 atom stereocenters. The Kier molecular flexibility index (Phi) is 7.70. The van der Waals surface area contributed by atoms with Crippen LogP contribution in [0, 0.1) is 5.41 Å². The number of aliphatic imine (C=N–C) groups is 2. The zero-order valence-electron chi connectivity index (χ0n) is 23.9. The van der Waals surface area contributed by atoms with E-state index in [1.165, 1.54) is 12.1 Å². The number of morpholine rings is 1. The summed E-state index contributed by atoms with van der Waals surface area (Å²) in [5.74, 6) is 6.52. The molecule has 2 amide bonds. The highest BCUT2D eigenvalue weighted by Crippen LogP contribution is 2.43. The molecule has 230 valence electrons. The number of nitrogens with two attached hydrogens (primary N) is 1. The average Bonchev–Trinajstić information content (AvgIpc) is 3.31. The number of hydrogen-bond acceptors (Lipinski definition) is 8. The van der Waals surface area contributed by atoms with E-state index in [-0.39, 0.29) is 21.9 Å². The Morgan fingerprint density at radius 1 is 1.23 bits per heavy atom. The molecule has 44 heavy (non-hydrogen) atoms. The molecule has 1 aliphatic carbocycles. The molecule has 11 nitrogen and oxygen atoms in total. The zero-order valence-corrected chi connectivity index (χ0v) is 23.9. The predicted octanol–water partition coefficient (Wildman–Crippen LogP) is 3.61. The number of pyridine rings is 1. The molecule has 14 heteroatoms. The van der Waals surface area contributed by atoms with Crippen LogP contribution in [0.2, 0.25) is 0 Å². The largest absolute Gasteiger partial charge is 0.416 e. The lowest BCUT2D eigenvalue weighted by Gasteiger charge is -2.44. The summed E-state index contributed by atoms with van der Waals surface area (Å²) in [6.07, 6.45) is 3.32. The quantitative estimate of drug-likeness (QED) is 0.364. The monoisotopic (exact) mass is 610 g/mol. The van der Waals surface area contributed by atoms with E-state index in [0.717, 1.165) is 37.6 Å². The number of nitrogens with one attached hydrogen (secondary N) is 1. The summed E-state index contributed by atoms with van der Waals surface area (Å²) >= 11 is 0. The third kappa shape index (κ3) is 5.34.